The number of rotatable bonds is 6. The average Bonchev–Trinajstić information content (AvgIpc) is 3.42. The first-order valence-electron chi connectivity index (χ1n) is 9.23. The molecule has 3 aromatic rings. The van der Waals surface area contributed by atoms with Gasteiger partial charge in [0.2, 0.25) is 0 Å². The van der Waals surface area contributed by atoms with Crippen molar-refractivity contribution in [1.29, 1.82) is 0 Å². The normalized spacial score (nSPS) is 17.3. The predicted molar refractivity (Wildman–Crippen MR) is 110 cm³/mol. The Morgan fingerprint density at radius 3 is 2.52 bits per heavy atom. The van der Waals surface area contributed by atoms with Gasteiger partial charge in [0.15, 0.2) is 0 Å². The van der Waals surface area contributed by atoms with Gasteiger partial charge in [0.25, 0.3) is 0 Å². The standard InChI is InChI=1S/C23H20BrNO3.Na/c1-14-11-15(14)13-28-22-10-9-16(24)12-19(22)17-5-2-3-6-18(17)20-7-4-8-21(25-20)23(26)27;/h2-10,12,14-15H,11,13H2,1H3,(H,26,27);/q;+1/p-1. The van der Waals surface area contributed by atoms with Gasteiger partial charge in [-0.05, 0) is 54.2 Å². The zero-order valence-corrected chi connectivity index (χ0v) is 20.0. The van der Waals surface area contributed by atoms with Crippen molar-refractivity contribution in [2.45, 2.75) is 13.3 Å². The third-order valence-corrected chi connectivity index (χ3v) is 5.62. The molecular weight excluding hydrogens is 441 g/mol. The van der Waals surface area contributed by atoms with E-state index in [0.717, 1.165) is 32.8 Å². The van der Waals surface area contributed by atoms with Crippen LogP contribution in [-0.2, 0) is 0 Å². The summed E-state index contributed by atoms with van der Waals surface area (Å²) in [6.45, 7) is 2.94. The fraction of sp³-hybridized carbons (Fsp3) is 0.217. The molecule has 1 aromatic heterocycles. The fourth-order valence-electron chi connectivity index (χ4n) is 3.31. The van der Waals surface area contributed by atoms with E-state index in [1.165, 1.54) is 12.5 Å². The molecule has 0 N–H and O–H groups in total. The molecule has 29 heavy (non-hydrogen) atoms. The molecule has 6 heteroatoms. The Kier molecular flexibility index (Phi) is 7.17. The number of carboxylic acids is 1. The van der Waals surface area contributed by atoms with Crippen molar-refractivity contribution < 1.29 is 44.2 Å². The molecule has 0 radical (unpaired) electrons. The van der Waals surface area contributed by atoms with E-state index < -0.39 is 5.97 Å². The molecule has 0 aliphatic heterocycles. The van der Waals surface area contributed by atoms with Crippen LogP contribution in [0.2, 0.25) is 0 Å². The molecule has 1 aliphatic rings. The number of carbonyl (C=O) groups excluding carboxylic acids is 1. The number of hydrogen-bond acceptors (Lipinski definition) is 4. The molecular formula is C23H19BrNNaO3. The van der Waals surface area contributed by atoms with Crippen LogP contribution in [0, 0.1) is 11.8 Å². The second kappa shape index (κ2) is 9.43. The van der Waals surface area contributed by atoms with Gasteiger partial charge in [-0.3, -0.25) is 0 Å². The molecule has 1 fully saturated rings. The van der Waals surface area contributed by atoms with Crippen molar-refractivity contribution in [1.82, 2.24) is 4.98 Å². The van der Waals surface area contributed by atoms with Gasteiger partial charge < -0.3 is 14.6 Å². The first kappa shape index (κ1) is 22.0. The summed E-state index contributed by atoms with van der Waals surface area (Å²) in [5.41, 5.74) is 3.22. The number of hydrogen-bond donors (Lipinski definition) is 0. The maximum atomic E-state index is 11.2. The summed E-state index contributed by atoms with van der Waals surface area (Å²) in [5.74, 6) is 0.867. The van der Waals surface area contributed by atoms with Gasteiger partial charge >= 0.3 is 29.6 Å². The second-order valence-corrected chi connectivity index (χ2v) is 8.08. The van der Waals surface area contributed by atoms with E-state index in [1.54, 1.807) is 12.1 Å². The van der Waals surface area contributed by atoms with Gasteiger partial charge in [-0.25, -0.2) is 4.98 Å². The van der Waals surface area contributed by atoms with Crippen molar-refractivity contribution in [3.05, 3.63) is 70.8 Å². The van der Waals surface area contributed by atoms with Gasteiger partial charge in [-0.2, -0.15) is 0 Å². The molecule has 1 saturated carbocycles. The Bertz CT molecular complexity index is 1040. The predicted octanol–water partition coefficient (Wildman–Crippen LogP) is 1.58. The van der Waals surface area contributed by atoms with Gasteiger partial charge in [0, 0.05) is 15.6 Å². The van der Waals surface area contributed by atoms with Crippen LogP contribution in [0.5, 0.6) is 5.75 Å². The van der Waals surface area contributed by atoms with Crippen LogP contribution in [0.15, 0.2) is 65.1 Å². The summed E-state index contributed by atoms with van der Waals surface area (Å²) in [5, 5.41) is 11.2. The summed E-state index contributed by atoms with van der Waals surface area (Å²) in [6.07, 6.45) is 1.21. The molecule has 4 rings (SSSR count). The van der Waals surface area contributed by atoms with E-state index >= 15 is 0 Å². The number of pyridine rings is 1. The third-order valence-electron chi connectivity index (χ3n) is 5.12. The zero-order valence-electron chi connectivity index (χ0n) is 16.4. The summed E-state index contributed by atoms with van der Waals surface area (Å²) in [4.78, 5) is 15.5. The number of nitrogens with zero attached hydrogens (tertiary/aromatic N) is 1. The van der Waals surface area contributed by atoms with E-state index in [-0.39, 0.29) is 35.3 Å². The number of benzene rings is 2. The van der Waals surface area contributed by atoms with E-state index in [0.29, 0.717) is 18.2 Å². The first-order chi connectivity index (χ1) is 13.5. The summed E-state index contributed by atoms with van der Waals surface area (Å²) in [7, 11) is 0. The van der Waals surface area contributed by atoms with Gasteiger partial charge in [0.05, 0.1) is 24.0 Å². The maximum absolute atomic E-state index is 11.2. The zero-order chi connectivity index (χ0) is 19.7. The maximum Gasteiger partial charge on any atom is 1.00 e. The Balaban J connectivity index is 0.00000240. The van der Waals surface area contributed by atoms with Crippen LogP contribution < -0.4 is 39.4 Å². The Hall–Kier alpha value is -1.66. The minimum Gasteiger partial charge on any atom is -0.543 e. The van der Waals surface area contributed by atoms with Crippen LogP contribution >= 0.6 is 15.9 Å². The smallest absolute Gasteiger partial charge is 0.543 e. The molecule has 0 amide bonds. The van der Waals surface area contributed by atoms with Crippen LogP contribution in [0.4, 0.5) is 0 Å². The summed E-state index contributed by atoms with van der Waals surface area (Å²) >= 11 is 3.55. The minimum absolute atomic E-state index is 0. The average molecular weight is 460 g/mol. The topological polar surface area (TPSA) is 62.2 Å². The number of aromatic nitrogens is 1. The molecule has 0 spiro atoms. The van der Waals surface area contributed by atoms with Gasteiger partial charge in [-0.1, -0.05) is 53.2 Å². The van der Waals surface area contributed by atoms with Crippen molar-refractivity contribution in [2.24, 2.45) is 11.8 Å². The number of carbonyl (C=O) groups is 1. The quantitative estimate of drug-likeness (QED) is 0.525. The van der Waals surface area contributed by atoms with E-state index in [4.69, 9.17) is 4.74 Å². The number of carboxylic acid groups (broad SMARTS) is 1. The third kappa shape index (κ3) is 5.10. The molecule has 1 aliphatic carbocycles. The van der Waals surface area contributed by atoms with Crippen LogP contribution in [-0.4, -0.2) is 17.6 Å². The Labute approximate surface area is 200 Å². The first-order valence-corrected chi connectivity index (χ1v) is 10.0. The van der Waals surface area contributed by atoms with Crippen molar-refractivity contribution >= 4 is 21.9 Å². The van der Waals surface area contributed by atoms with E-state index in [1.807, 2.05) is 42.5 Å². The van der Waals surface area contributed by atoms with Crippen LogP contribution in [0.3, 0.4) is 0 Å². The summed E-state index contributed by atoms with van der Waals surface area (Å²) < 4.78 is 7.09. The van der Waals surface area contributed by atoms with Gasteiger partial charge in [0.1, 0.15) is 5.75 Å². The molecule has 142 valence electrons. The molecule has 2 unspecified atom stereocenters. The van der Waals surface area contributed by atoms with Crippen molar-refractivity contribution in [3.63, 3.8) is 0 Å². The second-order valence-electron chi connectivity index (χ2n) is 7.17. The largest absolute Gasteiger partial charge is 1.00 e. The van der Waals surface area contributed by atoms with E-state index in [2.05, 4.69) is 27.8 Å². The molecule has 4 nitrogen and oxygen atoms in total. The SMILES string of the molecule is CC1CC1COc1ccc(Br)cc1-c1ccccc1-c1cccc(C(=O)[O-])n1.[Na+]. The fourth-order valence-corrected chi connectivity index (χ4v) is 3.67. The summed E-state index contributed by atoms with van der Waals surface area (Å²) in [6, 6.07) is 18.7. The monoisotopic (exact) mass is 459 g/mol. The van der Waals surface area contributed by atoms with Crippen LogP contribution in [0.1, 0.15) is 23.8 Å². The van der Waals surface area contributed by atoms with Crippen molar-refractivity contribution in [2.75, 3.05) is 6.61 Å². The molecule has 2 atom stereocenters. The van der Waals surface area contributed by atoms with Gasteiger partial charge in [-0.15, -0.1) is 0 Å². The molecule has 0 saturated heterocycles. The Morgan fingerprint density at radius 2 is 1.83 bits per heavy atom. The number of halogens is 1. The van der Waals surface area contributed by atoms with E-state index in [9.17, 15) is 9.90 Å². The molecule has 1 heterocycles. The molecule has 0 bridgehead atoms. The number of aromatic carboxylic acids is 1. The van der Waals surface area contributed by atoms with Crippen molar-refractivity contribution in [3.8, 4) is 28.1 Å². The molecule has 2 aromatic carbocycles. The van der Waals surface area contributed by atoms with Crippen LogP contribution in [0.25, 0.3) is 22.4 Å². The Morgan fingerprint density at radius 1 is 1.10 bits per heavy atom. The number of ether oxygens (including phenoxy) is 1. The minimum atomic E-state index is -1.29.